The summed E-state index contributed by atoms with van der Waals surface area (Å²) in [5.74, 6) is 1.11. The van der Waals surface area contributed by atoms with Crippen molar-refractivity contribution in [3.05, 3.63) is 48.8 Å². The molecule has 0 spiro atoms. The Morgan fingerprint density at radius 3 is 2.71 bits per heavy atom. The number of pyridine rings is 1. The summed E-state index contributed by atoms with van der Waals surface area (Å²) >= 11 is 0. The van der Waals surface area contributed by atoms with Gasteiger partial charge < -0.3 is 14.8 Å². The molecule has 1 amide bonds. The van der Waals surface area contributed by atoms with Crippen LogP contribution in [-0.4, -0.2) is 33.5 Å². The Morgan fingerprint density at radius 2 is 2.00 bits per heavy atom. The highest BCUT2D eigenvalue weighted by Gasteiger charge is 2.17. The summed E-state index contributed by atoms with van der Waals surface area (Å²) in [5, 5.41) is 2.84. The number of benzene rings is 1. The predicted molar refractivity (Wildman–Crippen MR) is 110 cm³/mol. The van der Waals surface area contributed by atoms with E-state index in [9.17, 15) is 4.79 Å². The molecule has 2 heterocycles. The van der Waals surface area contributed by atoms with E-state index in [0.29, 0.717) is 11.5 Å². The molecule has 0 aliphatic carbocycles. The van der Waals surface area contributed by atoms with Gasteiger partial charge in [-0.1, -0.05) is 6.07 Å². The molecule has 1 N–H and O–H groups in total. The Labute approximate surface area is 165 Å². The van der Waals surface area contributed by atoms with Gasteiger partial charge in [0.2, 0.25) is 0 Å². The number of imidazole rings is 1. The molecule has 0 radical (unpaired) electrons. The molecule has 0 saturated carbocycles. The van der Waals surface area contributed by atoms with Gasteiger partial charge in [0.25, 0.3) is 5.91 Å². The van der Waals surface area contributed by atoms with Crippen LogP contribution in [0.2, 0.25) is 0 Å². The van der Waals surface area contributed by atoms with Gasteiger partial charge in [0.15, 0.2) is 6.61 Å². The molecule has 0 fully saturated rings. The van der Waals surface area contributed by atoms with Crippen molar-refractivity contribution in [3.8, 4) is 22.8 Å². The van der Waals surface area contributed by atoms with Crippen LogP contribution in [0.5, 0.6) is 11.5 Å². The van der Waals surface area contributed by atoms with Gasteiger partial charge in [-0.05, 0) is 58.9 Å². The number of rotatable bonds is 6. The van der Waals surface area contributed by atoms with Crippen LogP contribution in [0.3, 0.4) is 0 Å². The molecular formula is C22H27N3O3. The molecule has 0 unspecified atom stereocenters. The molecule has 0 saturated heterocycles. The molecule has 0 bridgehead atoms. The molecule has 148 valence electrons. The van der Waals surface area contributed by atoms with E-state index in [1.54, 1.807) is 6.20 Å². The van der Waals surface area contributed by atoms with Gasteiger partial charge in [-0.3, -0.25) is 9.20 Å². The number of carbonyl (C=O) groups is 1. The van der Waals surface area contributed by atoms with Gasteiger partial charge in [0.05, 0.1) is 5.69 Å². The second kappa shape index (κ2) is 7.92. The summed E-state index contributed by atoms with van der Waals surface area (Å²) in [4.78, 5) is 16.4. The van der Waals surface area contributed by atoms with Gasteiger partial charge in [-0.2, -0.15) is 0 Å². The van der Waals surface area contributed by atoms with Crippen LogP contribution in [0, 0.1) is 0 Å². The summed E-state index contributed by atoms with van der Waals surface area (Å²) < 4.78 is 13.9. The fraction of sp³-hybridized carbons (Fsp3) is 0.364. The van der Waals surface area contributed by atoms with E-state index >= 15 is 0 Å². The zero-order valence-electron chi connectivity index (χ0n) is 17.0. The first-order valence-corrected chi connectivity index (χ1v) is 9.40. The average Bonchev–Trinajstić information content (AvgIpc) is 3.07. The molecule has 0 aliphatic rings. The van der Waals surface area contributed by atoms with Crippen LogP contribution in [0.4, 0.5) is 0 Å². The smallest absolute Gasteiger partial charge is 0.258 e. The SMILES string of the molecule is CC(C)NC(=O)COc1cc(OC(C)(C)C)ccc1-c1cccc2nccn12. The molecule has 2 aromatic heterocycles. The number of nitrogens with zero attached hydrogens (tertiary/aromatic N) is 2. The minimum Gasteiger partial charge on any atom is -0.488 e. The van der Waals surface area contributed by atoms with Gasteiger partial charge in [-0.15, -0.1) is 0 Å². The van der Waals surface area contributed by atoms with E-state index in [2.05, 4.69) is 10.3 Å². The predicted octanol–water partition coefficient (Wildman–Crippen LogP) is 4.08. The third-order valence-electron chi connectivity index (χ3n) is 3.89. The second-order valence-corrected chi connectivity index (χ2v) is 7.95. The standard InChI is InChI=1S/C22H27N3O3/c1-15(2)24-21(26)14-27-19-13-16(28-22(3,4)5)9-10-17(19)18-7-6-8-20-23-11-12-25(18)20/h6-13,15H,14H2,1-5H3,(H,24,26). The van der Waals surface area contributed by atoms with Crippen molar-refractivity contribution in [2.24, 2.45) is 0 Å². The first-order valence-electron chi connectivity index (χ1n) is 9.40. The topological polar surface area (TPSA) is 64.9 Å². The summed E-state index contributed by atoms with van der Waals surface area (Å²) in [6.45, 7) is 9.74. The first-order chi connectivity index (χ1) is 13.2. The van der Waals surface area contributed by atoms with E-state index in [1.807, 2.05) is 81.6 Å². The summed E-state index contributed by atoms with van der Waals surface area (Å²) in [6, 6.07) is 11.6. The molecule has 0 aliphatic heterocycles. The largest absolute Gasteiger partial charge is 0.488 e. The monoisotopic (exact) mass is 381 g/mol. The van der Waals surface area contributed by atoms with E-state index < -0.39 is 0 Å². The zero-order valence-corrected chi connectivity index (χ0v) is 17.0. The van der Waals surface area contributed by atoms with E-state index in [0.717, 1.165) is 16.9 Å². The van der Waals surface area contributed by atoms with Crippen LogP contribution in [0.25, 0.3) is 16.9 Å². The molecule has 6 heteroatoms. The van der Waals surface area contributed by atoms with Crippen molar-refractivity contribution >= 4 is 11.6 Å². The maximum atomic E-state index is 12.1. The van der Waals surface area contributed by atoms with E-state index in [1.165, 1.54) is 0 Å². The number of carbonyl (C=O) groups excluding carboxylic acids is 1. The minimum absolute atomic E-state index is 0.0609. The van der Waals surface area contributed by atoms with Crippen molar-refractivity contribution < 1.29 is 14.3 Å². The lowest BCUT2D eigenvalue weighted by Crippen LogP contribution is -2.34. The highest BCUT2D eigenvalue weighted by molar-refractivity contribution is 5.78. The van der Waals surface area contributed by atoms with Crippen molar-refractivity contribution in [2.45, 2.75) is 46.3 Å². The lowest BCUT2D eigenvalue weighted by Gasteiger charge is -2.22. The Hall–Kier alpha value is -3.02. The molecular weight excluding hydrogens is 354 g/mol. The second-order valence-electron chi connectivity index (χ2n) is 7.95. The lowest BCUT2D eigenvalue weighted by atomic mass is 10.1. The van der Waals surface area contributed by atoms with Crippen molar-refractivity contribution in [1.82, 2.24) is 14.7 Å². The van der Waals surface area contributed by atoms with Gasteiger partial charge in [0, 0.05) is 30.1 Å². The van der Waals surface area contributed by atoms with Crippen molar-refractivity contribution in [2.75, 3.05) is 6.61 Å². The van der Waals surface area contributed by atoms with E-state index in [4.69, 9.17) is 9.47 Å². The van der Waals surface area contributed by atoms with E-state index in [-0.39, 0.29) is 24.2 Å². The minimum atomic E-state index is -0.335. The van der Waals surface area contributed by atoms with Crippen LogP contribution >= 0.6 is 0 Å². The maximum absolute atomic E-state index is 12.1. The quantitative estimate of drug-likeness (QED) is 0.699. The molecule has 1 aromatic carbocycles. The molecule has 28 heavy (non-hydrogen) atoms. The summed E-state index contributed by atoms with van der Waals surface area (Å²) in [6.07, 6.45) is 3.66. The highest BCUT2D eigenvalue weighted by Crippen LogP contribution is 2.35. The number of amides is 1. The summed E-state index contributed by atoms with van der Waals surface area (Å²) in [7, 11) is 0. The van der Waals surface area contributed by atoms with Gasteiger partial charge in [-0.25, -0.2) is 4.98 Å². The zero-order chi connectivity index (χ0) is 20.3. The summed E-state index contributed by atoms with van der Waals surface area (Å²) in [5.41, 5.74) is 2.30. The maximum Gasteiger partial charge on any atom is 0.258 e. The number of nitrogens with one attached hydrogen (secondary N) is 1. The number of hydrogen-bond acceptors (Lipinski definition) is 4. The fourth-order valence-corrected chi connectivity index (χ4v) is 2.92. The average molecular weight is 381 g/mol. The Morgan fingerprint density at radius 1 is 1.21 bits per heavy atom. The lowest BCUT2D eigenvalue weighted by molar-refractivity contribution is -0.123. The number of fused-ring (bicyclic) bond motifs is 1. The molecule has 3 aromatic rings. The normalized spacial score (nSPS) is 11.6. The Kier molecular flexibility index (Phi) is 5.58. The molecule has 0 atom stereocenters. The Bertz CT molecular complexity index is 971. The number of ether oxygens (including phenoxy) is 2. The molecule has 3 rings (SSSR count). The third kappa shape index (κ3) is 4.82. The third-order valence-corrected chi connectivity index (χ3v) is 3.89. The van der Waals surface area contributed by atoms with Crippen LogP contribution in [0.15, 0.2) is 48.8 Å². The number of aromatic nitrogens is 2. The fourth-order valence-electron chi connectivity index (χ4n) is 2.92. The van der Waals surface area contributed by atoms with Crippen molar-refractivity contribution in [1.29, 1.82) is 0 Å². The molecule has 6 nitrogen and oxygen atoms in total. The van der Waals surface area contributed by atoms with Crippen LogP contribution < -0.4 is 14.8 Å². The van der Waals surface area contributed by atoms with Crippen LogP contribution in [-0.2, 0) is 4.79 Å². The van der Waals surface area contributed by atoms with Gasteiger partial charge >= 0.3 is 0 Å². The Balaban J connectivity index is 1.98. The highest BCUT2D eigenvalue weighted by atomic mass is 16.5. The van der Waals surface area contributed by atoms with Crippen molar-refractivity contribution in [3.63, 3.8) is 0 Å². The first kappa shape index (κ1) is 19.7. The van der Waals surface area contributed by atoms with Gasteiger partial charge in [0.1, 0.15) is 22.7 Å². The van der Waals surface area contributed by atoms with Crippen LogP contribution in [0.1, 0.15) is 34.6 Å². The number of hydrogen-bond donors (Lipinski definition) is 1.